The van der Waals surface area contributed by atoms with Crippen molar-refractivity contribution in [1.82, 2.24) is 9.97 Å². The molecule has 2 rings (SSSR count). The first kappa shape index (κ1) is 18.5. The van der Waals surface area contributed by atoms with E-state index in [0.29, 0.717) is 28.6 Å². The number of methoxy groups -OCH3 is 1. The molecule has 0 radical (unpaired) electrons. The summed E-state index contributed by atoms with van der Waals surface area (Å²) >= 11 is 1.14. The minimum atomic E-state index is -0.138. The molecule has 0 aliphatic carbocycles. The molecule has 0 spiro atoms. The van der Waals surface area contributed by atoms with Gasteiger partial charge in [0, 0.05) is 18.1 Å². The summed E-state index contributed by atoms with van der Waals surface area (Å²) in [4.78, 5) is 31.9. The van der Waals surface area contributed by atoms with Crippen LogP contribution in [-0.4, -0.2) is 34.5 Å². The number of hydrogen-bond acceptors (Lipinski definition) is 8. The van der Waals surface area contributed by atoms with Crippen LogP contribution < -0.4 is 21.5 Å². The van der Waals surface area contributed by atoms with E-state index in [9.17, 15) is 9.59 Å². The van der Waals surface area contributed by atoms with Gasteiger partial charge in [-0.25, -0.2) is 9.97 Å². The molecule has 25 heavy (non-hydrogen) atoms. The van der Waals surface area contributed by atoms with Gasteiger partial charge in [0.1, 0.15) is 17.4 Å². The first-order valence-corrected chi connectivity index (χ1v) is 8.45. The van der Waals surface area contributed by atoms with Gasteiger partial charge in [0.15, 0.2) is 10.9 Å². The van der Waals surface area contributed by atoms with E-state index < -0.39 is 0 Å². The fourth-order valence-corrected chi connectivity index (χ4v) is 2.71. The van der Waals surface area contributed by atoms with Crippen molar-refractivity contribution in [3.05, 3.63) is 29.8 Å². The van der Waals surface area contributed by atoms with E-state index in [1.807, 2.05) is 0 Å². The minimum absolute atomic E-state index is 0.118. The van der Waals surface area contributed by atoms with Gasteiger partial charge < -0.3 is 21.5 Å². The summed E-state index contributed by atoms with van der Waals surface area (Å²) in [6.07, 6.45) is 0.351. The summed E-state index contributed by atoms with van der Waals surface area (Å²) in [6, 6.07) is 6.30. The lowest BCUT2D eigenvalue weighted by Crippen LogP contribution is -2.11. The van der Waals surface area contributed by atoms with Crippen molar-refractivity contribution < 1.29 is 14.3 Å². The predicted octanol–water partition coefficient (Wildman–Crippen LogP) is 1.97. The normalized spacial score (nSPS) is 10.3. The molecular formula is C16H19N5O3S. The number of carbonyl (C=O) groups excluding carboxylic acids is 2. The highest BCUT2D eigenvalue weighted by Crippen LogP contribution is 2.27. The van der Waals surface area contributed by atoms with E-state index in [4.69, 9.17) is 16.2 Å². The summed E-state index contributed by atoms with van der Waals surface area (Å²) < 4.78 is 5.24. The van der Waals surface area contributed by atoms with Crippen LogP contribution in [-0.2, 0) is 4.79 Å². The highest BCUT2D eigenvalue weighted by molar-refractivity contribution is 7.99. The Kier molecular flexibility index (Phi) is 6.18. The van der Waals surface area contributed by atoms with Gasteiger partial charge in [-0.1, -0.05) is 18.7 Å². The van der Waals surface area contributed by atoms with Crippen LogP contribution in [0, 0.1) is 0 Å². The molecule has 0 atom stereocenters. The second-order valence-electron chi connectivity index (χ2n) is 5.03. The zero-order valence-corrected chi connectivity index (χ0v) is 14.7. The molecule has 8 nitrogen and oxygen atoms in total. The molecule has 0 saturated carbocycles. The molecule has 1 aromatic carbocycles. The smallest absolute Gasteiger partial charge is 0.224 e. The summed E-state index contributed by atoms with van der Waals surface area (Å²) in [7, 11) is 1.48. The van der Waals surface area contributed by atoms with Crippen LogP contribution in [0.15, 0.2) is 29.4 Å². The molecule has 132 valence electrons. The maximum Gasteiger partial charge on any atom is 0.224 e. The Hall–Kier alpha value is -2.81. The topological polar surface area (TPSA) is 133 Å². The van der Waals surface area contributed by atoms with Crippen molar-refractivity contribution in [1.29, 1.82) is 0 Å². The molecule has 0 aliphatic rings. The number of rotatable bonds is 7. The monoisotopic (exact) mass is 361 g/mol. The number of ketones is 1. The molecule has 1 aromatic heterocycles. The standard InChI is InChI=1S/C16H19N5O3S/c1-3-15(23)19-10-5-4-9(6-12(10)24-2)11(22)8-25-16-20-13(17)7-14(18)21-16/h4-7H,3,8H2,1-2H3,(H,19,23)(H4,17,18,20,21). The summed E-state index contributed by atoms with van der Waals surface area (Å²) in [5, 5.41) is 3.06. The summed E-state index contributed by atoms with van der Waals surface area (Å²) in [5.74, 6) is 0.764. The molecule has 9 heteroatoms. The average Bonchev–Trinajstić information content (AvgIpc) is 2.59. The van der Waals surface area contributed by atoms with Gasteiger partial charge in [-0.2, -0.15) is 0 Å². The number of carbonyl (C=O) groups is 2. The van der Waals surface area contributed by atoms with Crippen molar-refractivity contribution in [2.75, 3.05) is 29.6 Å². The molecule has 1 amide bonds. The molecule has 0 fully saturated rings. The Bertz CT molecular complexity index is 777. The van der Waals surface area contributed by atoms with Crippen molar-refractivity contribution >= 4 is 40.8 Å². The zero-order chi connectivity index (χ0) is 18.4. The number of benzene rings is 1. The summed E-state index contributed by atoms with van der Waals surface area (Å²) in [5.41, 5.74) is 12.2. The molecule has 2 aromatic rings. The van der Waals surface area contributed by atoms with Crippen molar-refractivity contribution in [2.24, 2.45) is 0 Å². The fourth-order valence-electron chi connectivity index (χ4n) is 1.95. The third-order valence-corrected chi connectivity index (χ3v) is 4.04. The van der Waals surface area contributed by atoms with Crippen LogP contribution in [0.4, 0.5) is 17.3 Å². The van der Waals surface area contributed by atoms with E-state index in [1.165, 1.54) is 13.2 Å². The third-order valence-electron chi connectivity index (χ3n) is 3.20. The van der Waals surface area contributed by atoms with Crippen LogP contribution in [0.3, 0.4) is 0 Å². The number of hydrogen-bond donors (Lipinski definition) is 3. The van der Waals surface area contributed by atoms with Gasteiger partial charge in [-0.05, 0) is 18.2 Å². The SMILES string of the molecule is CCC(=O)Nc1ccc(C(=O)CSc2nc(N)cc(N)n2)cc1OC. The van der Waals surface area contributed by atoms with E-state index in [1.54, 1.807) is 25.1 Å². The van der Waals surface area contributed by atoms with Gasteiger partial charge in [0.05, 0.1) is 18.6 Å². The highest BCUT2D eigenvalue weighted by Gasteiger charge is 2.13. The number of nitrogen functional groups attached to an aromatic ring is 2. The number of anilines is 3. The first-order chi connectivity index (χ1) is 11.9. The molecule has 0 saturated heterocycles. The van der Waals surface area contributed by atoms with Crippen LogP contribution in [0.1, 0.15) is 23.7 Å². The minimum Gasteiger partial charge on any atom is -0.495 e. The second-order valence-corrected chi connectivity index (χ2v) is 5.97. The molecule has 0 unspecified atom stereocenters. The Morgan fingerprint density at radius 3 is 2.48 bits per heavy atom. The maximum absolute atomic E-state index is 12.4. The number of aromatic nitrogens is 2. The van der Waals surface area contributed by atoms with E-state index in [2.05, 4.69) is 15.3 Å². The van der Waals surface area contributed by atoms with Gasteiger partial charge in [-0.3, -0.25) is 9.59 Å². The lowest BCUT2D eigenvalue weighted by Gasteiger charge is -2.11. The van der Waals surface area contributed by atoms with Gasteiger partial charge in [-0.15, -0.1) is 0 Å². The number of nitrogens with one attached hydrogen (secondary N) is 1. The Labute approximate surface area is 149 Å². The lowest BCUT2D eigenvalue weighted by molar-refractivity contribution is -0.115. The predicted molar refractivity (Wildman–Crippen MR) is 97.8 cm³/mol. The quantitative estimate of drug-likeness (QED) is 0.387. The molecular weight excluding hydrogens is 342 g/mol. The van der Waals surface area contributed by atoms with Crippen molar-refractivity contribution in [3.63, 3.8) is 0 Å². The van der Waals surface area contributed by atoms with Gasteiger partial charge >= 0.3 is 0 Å². The van der Waals surface area contributed by atoms with Crippen LogP contribution >= 0.6 is 11.8 Å². The van der Waals surface area contributed by atoms with Crippen LogP contribution in [0.2, 0.25) is 0 Å². The first-order valence-electron chi connectivity index (χ1n) is 7.46. The summed E-state index contributed by atoms with van der Waals surface area (Å²) in [6.45, 7) is 1.75. The van der Waals surface area contributed by atoms with E-state index in [0.717, 1.165) is 11.8 Å². The van der Waals surface area contributed by atoms with Gasteiger partial charge in [0.2, 0.25) is 5.91 Å². The number of nitrogens with zero attached hydrogens (tertiary/aromatic N) is 2. The fraction of sp³-hybridized carbons (Fsp3) is 0.250. The van der Waals surface area contributed by atoms with Gasteiger partial charge in [0.25, 0.3) is 0 Å². The van der Waals surface area contributed by atoms with E-state index >= 15 is 0 Å². The van der Waals surface area contributed by atoms with Crippen molar-refractivity contribution in [3.8, 4) is 5.75 Å². The largest absolute Gasteiger partial charge is 0.495 e. The molecule has 0 bridgehead atoms. The number of ether oxygens (including phenoxy) is 1. The number of Topliss-reactive ketones (excluding diaryl/α,β-unsaturated/α-hetero) is 1. The second kappa shape index (κ2) is 8.34. The third kappa shape index (κ3) is 5.08. The van der Waals surface area contributed by atoms with Crippen LogP contribution in [0.5, 0.6) is 5.75 Å². The lowest BCUT2D eigenvalue weighted by atomic mass is 10.1. The molecule has 0 aliphatic heterocycles. The molecule has 5 N–H and O–H groups in total. The Balaban J connectivity index is 2.09. The Morgan fingerprint density at radius 2 is 1.88 bits per heavy atom. The van der Waals surface area contributed by atoms with Crippen LogP contribution in [0.25, 0.3) is 0 Å². The molecule has 1 heterocycles. The number of thioether (sulfide) groups is 1. The average molecular weight is 361 g/mol. The van der Waals surface area contributed by atoms with E-state index in [-0.39, 0.29) is 29.1 Å². The number of amides is 1. The maximum atomic E-state index is 12.4. The Morgan fingerprint density at radius 1 is 1.20 bits per heavy atom. The van der Waals surface area contributed by atoms with Crippen molar-refractivity contribution in [2.45, 2.75) is 18.5 Å². The number of nitrogens with two attached hydrogens (primary N) is 2. The highest BCUT2D eigenvalue weighted by atomic mass is 32.2. The zero-order valence-electron chi connectivity index (χ0n) is 13.9.